The fourth-order valence-corrected chi connectivity index (χ4v) is 2.92. The van der Waals surface area contributed by atoms with Crippen LogP contribution in [0.15, 0.2) is 11.6 Å². The lowest BCUT2D eigenvalue weighted by atomic mass is 10.1. The second kappa shape index (κ2) is 9.78. The van der Waals surface area contributed by atoms with Gasteiger partial charge in [0.15, 0.2) is 0 Å². The van der Waals surface area contributed by atoms with Gasteiger partial charge in [-0.25, -0.2) is 0 Å². The second-order valence-corrected chi connectivity index (χ2v) is 6.14. The number of hydrogen-bond acceptors (Lipinski definition) is 5. The van der Waals surface area contributed by atoms with E-state index in [2.05, 4.69) is 4.57 Å². The quantitative estimate of drug-likeness (QED) is 0.403. The lowest BCUT2D eigenvalue weighted by Crippen LogP contribution is -2.33. The van der Waals surface area contributed by atoms with E-state index in [0.29, 0.717) is 6.61 Å². The molecule has 1 unspecified atom stereocenters. The van der Waals surface area contributed by atoms with Crippen LogP contribution in [0, 0.1) is 25.2 Å². The molecule has 1 rings (SSSR count). The number of ether oxygens (including phenoxy) is 2. The van der Waals surface area contributed by atoms with Crippen molar-refractivity contribution in [2.24, 2.45) is 0 Å². The molecule has 0 saturated carbocycles. The van der Waals surface area contributed by atoms with E-state index in [1.807, 2.05) is 32.9 Å². The topological polar surface area (TPSA) is 84.6 Å². The van der Waals surface area contributed by atoms with Crippen LogP contribution in [0.5, 0.6) is 0 Å². The third-order valence-electron chi connectivity index (χ3n) is 4.04. The summed E-state index contributed by atoms with van der Waals surface area (Å²) in [4.78, 5) is 25.2. The molecule has 0 aliphatic rings. The predicted octanol–water partition coefficient (Wildman–Crippen LogP) is 2.24. The zero-order valence-corrected chi connectivity index (χ0v) is 16.3. The molecule has 0 aliphatic carbocycles. The van der Waals surface area contributed by atoms with E-state index in [1.165, 1.54) is 11.9 Å². The average Bonchev–Trinajstić information content (AvgIpc) is 2.85. The minimum Gasteiger partial charge on any atom is -0.465 e. The largest absolute Gasteiger partial charge is 0.465 e. The van der Waals surface area contributed by atoms with Crippen LogP contribution < -0.4 is 0 Å². The molecule has 1 heterocycles. The van der Waals surface area contributed by atoms with Crippen molar-refractivity contribution in [3.8, 4) is 6.07 Å². The Bertz CT molecular complexity index is 728. The number of methoxy groups -OCH3 is 1. The van der Waals surface area contributed by atoms with Crippen LogP contribution >= 0.6 is 0 Å². The number of rotatable bonds is 8. The predicted molar refractivity (Wildman–Crippen MR) is 98.4 cm³/mol. The molecule has 0 radical (unpaired) electrons. The number of likely N-dealkylation sites (N-methyl/N-ethyl adjacent to an activating group) is 1. The number of hydrogen-bond donors (Lipinski definition) is 0. The summed E-state index contributed by atoms with van der Waals surface area (Å²) < 4.78 is 12.2. The summed E-state index contributed by atoms with van der Waals surface area (Å²) in [6.07, 6.45) is 1.56. The molecule has 1 aromatic rings. The number of aromatic nitrogens is 1. The number of carbonyl (C=O) groups is 2. The maximum atomic E-state index is 12.5. The molecule has 1 amide bonds. The summed E-state index contributed by atoms with van der Waals surface area (Å²) in [5, 5.41) is 9.40. The SMILES string of the molecule is CCOC(=O)CN(C)C(=O)/C(C#N)=C/c1cc(C)n(C(C)COC)c1C. The molecule has 0 bridgehead atoms. The van der Waals surface area contributed by atoms with E-state index >= 15 is 0 Å². The molecule has 0 saturated heterocycles. The number of nitrogens with zero attached hydrogens (tertiary/aromatic N) is 3. The number of carbonyl (C=O) groups excluding carboxylic acids is 2. The van der Waals surface area contributed by atoms with Crippen molar-refractivity contribution in [1.82, 2.24) is 9.47 Å². The number of aryl methyl sites for hydroxylation is 1. The van der Waals surface area contributed by atoms with E-state index in [1.54, 1.807) is 20.1 Å². The average molecular weight is 361 g/mol. The van der Waals surface area contributed by atoms with Gasteiger partial charge in [-0.1, -0.05) is 0 Å². The van der Waals surface area contributed by atoms with E-state index in [9.17, 15) is 14.9 Å². The Morgan fingerprint density at radius 3 is 2.62 bits per heavy atom. The standard InChI is InChI=1S/C19H27N3O4/c1-7-26-18(23)11-21(5)19(24)17(10-20)9-16-8-13(2)22(15(16)4)14(3)12-25-6/h8-9,14H,7,11-12H2,1-6H3/b17-9+. The fraction of sp³-hybridized carbons (Fsp3) is 0.526. The van der Waals surface area contributed by atoms with Gasteiger partial charge in [-0.2, -0.15) is 5.26 Å². The van der Waals surface area contributed by atoms with E-state index < -0.39 is 11.9 Å². The highest BCUT2D eigenvalue weighted by Crippen LogP contribution is 2.23. The summed E-state index contributed by atoms with van der Waals surface area (Å²) in [5.74, 6) is -1.03. The Labute approximate surface area is 154 Å². The molecule has 7 heteroatoms. The summed E-state index contributed by atoms with van der Waals surface area (Å²) >= 11 is 0. The van der Waals surface area contributed by atoms with Gasteiger partial charge in [-0.15, -0.1) is 0 Å². The molecule has 26 heavy (non-hydrogen) atoms. The zero-order chi connectivity index (χ0) is 19.9. The summed E-state index contributed by atoms with van der Waals surface area (Å²) in [6, 6.07) is 3.99. The van der Waals surface area contributed by atoms with Gasteiger partial charge < -0.3 is 18.9 Å². The van der Waals surface area contributed by atoms with Crippen molar-refractivity contribution in [3.05, 3.63) is 28.6 Å². The molecule has 142 valence electrons. The summed E-state index contributed by atoms with van der Waals surface area (Å²) in [6.45, 7) is 8.25. The molecule has 0 aromatic carbocycles. The van der Waals surface area contributed by atoms with Crippen molar-refractivity contribution in [3.63, 3.8) is 0 Å². The van der Waals surface area contributed by atoms with Crippen LogP contribution in [0.2, 0.25) is 0 Å². The van der Waals surface area contributed by atoms with Crippen molar-refractivity contribution >= 4 is 18.0 Å². The fourth-order valence-electron chi connectivity index (χ4n) is 2.92. The van der Waals surface area contributed by atoms with Crippen LogP contribution in [-0.2, 0) is 19.1 Å². The van der Waals surface area contributed by atoms with E-state index in [4.69, 9.17) is 9.47 Å². The number of amides is 1. The van der Waals surface area contributed by atoms with Gasteiger partial charge in [0.05, 0.1) is 19.3 Å². The Morgan fingerprint density at radius 1 is 1.42 bits per heavy atom. The van der Waals surface area contributed by atoms with Crippen molar-refractivity contribution in [1.29, 1.82) is 5.26 Å². The molecular formula is C19H27N3O4. The highest BCUT2D eigenvalue weighted by Gasteiger charge is 2.20. The Kier molecular flexibility index (Phi) is 8.07. The molecule has 0 fully saturated rings. The Hall–Kier alpha value is -2.59. The third-order valence-corrected chi connectivity index (χ3v) is 4.04. The third kappa shape index (κ3) is 5.20. The Morgan fingerprint density at radius 2 is 2.08 bits per heavy atom. The summed E-state index contributed by atoms with van der Waals surface area (Å²) in [5.41, 5.74) is 2.72. The van der Waals surface area contributed by atoms with Gasteiger partial charge in [-0.05, 0) is 45.4 Å². The first-order valence-electron chi connectivity index (χ1n) is 8.46. The lowest BCUT2D eigenvalue weighted by Gasteiger charge is -2.17. The first-order valence-corrected chi connectivity index (χ1v) is 8.46. The normalized spacial score (nSPS) is 12.4. The highest BCUT2D eigenvalue weighted by atomic mass is 16.5. The zero-order valence-electron chi connectivity index (χ0n) is 16.3. The molecule has 1 atom stereocenters. The molecule has 7 nitrogen and oxygen atoms in total. The van der Waals surface area contributed by atoms with Crippen molar-refractivity contribution in [2.45, 2.75) is 33.7 Å². The van der Waals surface area contributed by atoms with Crippen LogP contribution in [0.1, 0.15) is 36.8 Å². The minimum absolute atomic E-state index is 0.0311. The second-order valence-electron chi connectivity index (χ2n) is 6.14. The van der Waals surface area contributed by atoms with Crippen molar-refractivity contribution < 1.29 is 19.1 Å². The van der Waals surface area contributed by atoms with Crippen LogP contribution in [-0.4, -0.2) is 55.3 Å². The Balaban J connectivity index is 3.09. The highest BCUT2D eigenvalue weighted by molar-refractivity contribution is 6.02. The molecule has 0 N–H and O–H groups in total. The van der Waals surface area contributed by atoms with Gasteiger partial charge in [0.1, 0.15) is 18.2 Å². The van der Waals surface area contributed by atoms with Gasteiger partial charge in [0.2, 0.25) is 0 Å². The monoisotopic (exact) mass is 361 g/mol. The van der Waals surface area contributed by atoms with E-state index in [0.717, 1.165) is 17.0 Å². The molecule has 1 aromatic heterocycles. The first kappa shape index (κ1) is 21.5. The maximum Gasteiger partial charge on any atom is 0.325 e. The summed E-state index contributed by atoms with van der Waals surface area (Å²) in [7, 11) is 3.12. The van der Waals surface area contributed by atoms with Crippen molar-refractivity contribution in [2.75, 3.05) is 33.9 Å². The van der Waals surface area contributed by atoms with Crippen LogP contribution in [0.3, 0.4) is 0 Å². The van der Waals surface area contributed by atoms with E-state index in [-0.39, 0.29) is 24.8 Å². The van der Waals surface area contributed by atoms with Gasteiger partial charge in [0, 0.05) is 25.5 Å². The molecule has 0 spiro atoms. The van der Waals surface area contributed by atoms with Gasteiger partial charge >= 0.3 is 5.97 Å². The smallest absolute Gasteiger partial charge is 0.325 e. The first-order chi connectivity index (χ1) is 12.3. The van der Waals surface area contributed by atoms with Gasteiger partial charge in [0.25, 0.3) is 5.91 Å². The minimum atomic E-state index is -0.518. The maximum absolute atomic E-state index is 12.5. The lowest BCUT2D eigenvalue weighted by molar-refractivity contribution is -0.147. The molecular weight excluding hydrogens is 334 g/mol. The van der Waals surface area contributed by atoms with Crippen LogP contribution in [0.4, 0.5) is 0 Å². The van der Waals surface area contributed by atoms with Gasteiger partial charge in [-0.3, -0.25) is 9.59 Å². The molecule has 0 aliphatic heterocycles. The van der Waals surface area contributed by atoms with Crippen LogP contribution in [0.25, 0.3) is 6.08 Å². The number of nitriles is 1. The number of esters is 1.